The van der Waals surface area contributed by atoms with Crippen LogP contribution in [0.5, 0.6) is 0 Å². The SMILES string of the molecule is Cc1ccc(-c2cc(C(=O)N[C@@H](C)CO)cc(-n3ncnc3C3CC3)c2)nc1. The smallest absolute Gasteiger partial charge is 0.251 e. The van der Waals surface area contributed by atoms with E-state index >= 15 is 0 Å². The van der Waals surface area contributed by atoms with E-state index in [4.69, 9.17) is 0 Å². The van der Waals surface area contributed by atoms with Crippen LogP contribution in [-0.4, -0.2) is 43.4 Å². The van der Waals surface area contributed by atoms with Gasteiger partial charge in [0.05, 0.1) is 18.0 Å². The predicted octanol–water partition coefficient (Wildman–Crippen LogP) is 2.63. The van der Waals surface area contributed by atoms with Crippen LogP contribution in [0.4, 0.5) is 0 Å². The minimum absolute atomic E-state index is 0.118. The summed E-state index contributed by atoms with van der Waals surface area (Å²) < 4.78 is 1.81. The standard InChI is InChI=1S/C21H23N5O2/c1-13-3-6-19(22-10-13)16-7-17(21(28)25-14(2)11-27)9-18(8-16)26-20(15-4-5-15)23-12-24-26/h3,6-10,12,14-15,27H,4-5,11H2,1-2H3,(H,25,28)/t14-/m0/s1. The van der Waals surface area contributed by atoms with Crippen LogP contribution in [0.25, 0.3) is 16.9 Å². The number of aromatic nitrogens is 4. The molecule has 2 N–H and O–H groups in total. The van der Waals surface area contributed by atoms with E-state index in [1.54, 1.807) is 25.5 Å². The van der Waals surface area contributed by atoms with Crippen molar-refractivity contribution in [1.82, 2.24) is 25.1 Å². The highest BCUT2D eigenvalue weighted by atomic mass is 16.3. The van der Waals surface area contributed by atoms with Crippen molar-refractivity contribution < 1.29 is 9.90 Å². The minimum Gasteiger partial charge on any atom is -0.394 e. The summed E-state index contributed by atoms with van der Waals surface area (Å²) in [6.07, 6.45) is 5.58. The summed E-state index contributed by atoms with van der Waals surface area (Å²) in [5.41, 5.74) is 3.96. The molecule has 1 amide bonds. The van der Waals surface area contributed by atoms with E-state index in [2.05, 4.69) is 20.4 Å². The van der Waals surface area contributed by atoms with Crippen LogP contribution >= 0.6 is 0 Å². The van der Waals surface area contributed by atoms with E-state index in [1.807, 2.05) is 35.9 Å². The summed E-state index contributed by atoms with van der Waals surface area (Å²) in [6, 6.07) is 9.20. The number of nitrogens with zero attached hydrogens (tertiary/aromatic N) is 4. The molecular formula is C21H23N5O2. The Balaban J connectivity index is 1.79. The molecule has 2 heterocycles. The number of rotatable bonds is 6. The van der Waals surface area contributed by atoms with Crippen molar-refractivity contribution in [2.45, 2.75) is 38.6 Å². The zero-order valence-electron chi connectivity index (χ0n) is 16.0. The van der Waals surface area contributed by atoms with Gasteiger partial charge in [-0.25, -0.2) is 9.67 Å². The number of pyridine rings is 1. The first kappa shape index (κ1) is 18.3. The molecule has 28 heavy (non-hydrogen) atoms. The third-order valence-corrected chi connectivity index (χ3v) is 4.80. The zero-order valence-corrected chi connectivity index (χ0v) is 16.0. The van der Waals surface area contributed by atoms with Crippen molar-refractivity contribution in [2.75, 3.05) is 6.61 Å². The van der Waals surface area contributed by atoms with Gasteiger partial charge in [0.15, 0.2) is 0 Å². The average Bonchev–Trinajstić information content (AvgIpc) is 3.44. The minimum atomic E-state index is -0.328. The van der Waals surface area contributed by atoms with Gasteiger partial charge in [-0.2, -0.15) is 5.10 Å². The van der Waals surface area contributed by atoms with Crippen LogP contribution in [0.2, 0.25) is 0 Å². The van der Waals surface area contributed by atoms with Gasteiger partial charge in [0.25, 0.3) is 5.91 Å². The highest BCUT2D eigenvalue weighted by molar-refractivity contribution is 5.96. The fraction of sp³-hybridized carbons (Fsp3) is 0.333. The lowest BCUT2D eigenvalue weighted by atomic mass is 10.0. The summed E-state index contributed by atoms with van der Waals surface area (Å²) in [5, 5.41) is 16.4. The van der Waals surface area contributed by atoms with Crippen molar-refractivity contribution in [2.24, 2.45) is 0 Å². The lowest BCUT2D eigenvalue weighted by Gasteiger charge is -2.14. The molecule has 1 atom stereocenters. The van der Waals surface area contributed by atoms with Gasteiger partial charge in [-0.1, -0.05) is 6.07 Å². The van der Waals surface area contributed by atoms with E-state index in [0.29, 0.717) is 11.5 Å². The maximum absolute atomic E-state index is 12.7. The number of aliphatic hydroxyl groups is 1. The van der Waals surface area contributed by atoms with Crippen molar-refractivity contribution in [1.29, 1.82) is 0 Å². The number of amides is 1. The van der Waals surface area contributed by atoms with Crippen molar-refractivity contribution in [3.05, 3.63) is 59.8 Å². The molecule has 0 radical (unpaired) electrons. The monoisotopic (exact) mass is 377 g/mol. The van der Waals surface area contributed by atoms with Crippen LogP contribution < -0.4 is 5.32 Å². The lowest BCUT2D eigenvalue weighted by molar-refractivity contribution is 0.0922. The highest BCUT2D eigenvalue weighted by Crippen LogP contribution is 2.39. The molecule has 0 spiro atoms. The van der Waals surface area contributed by atoms with Crippen LogP contribution in [0, 0.1) is 6.92 Å². The quantitative estimate of drug-likeness (QED) is 0.689. The third kappa shape index (κ3) is 3.80. The van der Waals surface area contributed by atoms with Crippen molar-refractivity contribution in [3.8, 4) is 16.9 Å². The zero-order chi connectivity index (χ0) is 19.7. The maximum atomic E-state index is 12.7. The van der Waals surface area contributed by atoms with Gasteiger partial charge in [-0.05, 0) is 56.5 Å². The Morgan fingerprint density at radius 3 is 2.79 bits per heavy atom. The second-order valence-corrected chi connectivity index (χ2v) is 7.35. The number of aryl methyl sites for hydroxylation is 1. The van der Waals surface area contributed by atoms with Gasteiger partial charge in [-0.3, -0.25) is 9.78 Å². The Hall–Kier alpha value is -3.06. The van der Waals surface area contributed by atoms with Gasteiger partial charge in [0.2, 0.25) is 0 Å². The molecule has 2 aromatic heterocycles. The number of carbonyl (C=O) groups excluding carboxylic acids is 1. The first-order valence-electron chi connectivity index (χ1n) is 9.45. The van der Waals surface area contributed by atoms with Gasteiger partial charge in [0, 0.05) is 29.3 Å². The fourth-order valence-electron chi connectivity index (χ4n) is 3.07. The van der Waals surface area contributed by atoms with E-state index in [0.717, 1.165) is 41.2 Å². The Morgan fingerprint density at radius 2 is 2.11 bits per heavy atom. The second kappa shape index (κ2) is 7.52. The van der Waals surface area contributed by atoms with Crippen molar-refractivity contribution in [3.63, 3.8) is 0 Å². The highest BCUT2D eigenvalue weighted by Gasteiger charge is 2.29. The van der Waals surface area contributed by atoms with Crippen molar-refractivity contribution >= 4 is 5.91 Å². The molecule has 1 aromatic carbocycles. The molecule has 1 aliphatic rings. The molecule has 1 saturated carbocycles. The Bertz CT molecular complexity index is 992. The fourth-order valence-corrected chi connectivity index (χ4v) is 3.07. The molecule has 7 nitrogen and oxygen atoms in total. The topological polar surface area (TPSA) is 92.9 Å². The first-order valence-corrected chi connectivity index (χ1v) is 9.45. The molecule has 4 rings (SSSR count). The van der Waals surface area contributed by atoms with E-state index in [1.165, 1.54) is 0 Å². The Labute approximate surface area is 163 Å². The van der Waals surface area contributed by atoms with Crippen LogP contribution in [0.3, 0.4) is 0 Å². The Morgan fingerprint density at radius 1 is 1.29 bits per heavy atom. The van der Waals surface area contributed by atoms with Gasteiger partial charge < -0.3 is 10.4 Å². The normalized spacial score (nSPS) is 14.7. The van der Waals surface area contributed by atoms with Gasteiger partial charge >= 0.3 is 0 Å². The number of hydrogen-bond acceptors (Lipinski definition) is 5. The number of aliphatic hydroxyl groups excluding tert-OH is 1. The number of nitrogens with one attached hydrogen (secondary N) is 1. The molecular weight excluding hydrogens is 354 g/mol. The van der Waals surface area contributed by atoms with Gasteiger partial charge in [0.1, 0.15) is 12.2 Å². The molecule has 3 aromatic rings. The maximum Gasteiger partial charge on any atom is 0.251 e. The molecule has 0 unspecified atom stereocenters. The molecule has 7 heteroatoms. The number of hydrogen-bond donors (Lipinski definition) is 2. The average molecular weight is 377 g/mol. The lowest BCUT2D eigenvalue weighted by Crippen LogP contribution is -2.35. The van der Waals surface area contributed by atoms with E-state index < -0.39 is 0 Å². The first-order chi connectivity index (χ1) is 13.5. The van der Waals surface area contributed by atoms with E-state index in [9.17, 15) is 9.90 Å². The summed E-state index contributed by atoms with van der Waals surface area (Å²) >= 11 is 0. The summed E-state index contributed by atoms with van der Waals surface area (Å²) in [7, 11) is 0. The summed E-state index contributed by atoms with van der Waals surface area (Å²) in [4.78, 5) is 21.6. The molecule has 1 aliphatic carbocycles. The number of carbonyl (C=O) groups is 1. The molecule has 0 aliphatic heterocycles. The van der Waals surface area contributed by atoms with Gasteiger partial charge in [-0.15, -0.1) is 0 Å². The molecule has 0 saturated heterocycles. The molecule has 1 fully saturated rings. The summed E-state index contributed by atoms with van der Waals surface area (Å²) in [5.74, 6) is 1.10. The molecule has 144 valence electrons. The summed E-state index contributed by atoms with van der Waals surface area (Å²) in [6.45, 7) is 3.62. The molecule has 0 bridgehead atoms. The third-order valence-electron chi connectivity index (χ3n) is 4.80. The van der Waals surface area contributed by atoms with E-state index in [-0.39, 0.29) is 18.6 Å². The number of benzene rings is 1. The predicted molar refractivity (Wildman–Crippen MR) is 105 cm³/mol. The second-order valence-electron chi connectivity index (χ2n) is 7.35. The Kier molecular flexibility index (Phi) is 4.92. The largest absolute Gasteiger partial charge is 0.394 e. The van der Waals surface area contributed by atoms with Crippen LogP contribution in [0.1, 0.15) is 47.4 Å². The van der Waals surface area contributed by atoms with Crippen LogP contribution in [0.15, 0.2) is 42.9 Å². The van der Waals surface area contributed by atoms with Crippen LogP contribution in [-0.2, 0) is 0 Å².